The van der Waals surface area contributed by atoms with Crippen molar-refractivity contribution in [2.45, 2.75) is 18.6 Å². The first-order valence-corrected chi connectivity index (χ1v) is 8.28. The molecule has 2 heterocycles. The molecule has 1 N–H and O–H groups in total. The van der Waals surface area contributed by atoms with E-state index in [-0.39, 0.29) is 17.4 Å². The van der Waals surface area contributed by atoms with E-state index in [9.17, 15) is 13.2 Å². The lowest BCUT2D eigenvalue weighted by molar-refractivity contribution is 0.0917. The minimum Gasteiger partial charge on any atom is -0.438 e. The van der Waals surface area contributed by atoms with Gasteiger partial charge >= 0.3 is 0 Å². The van der Waals surface area contributed by atoms with Crippen LogP contribution >= 0.6 is 11.3 Å². The van der Waals surface area contributed by atoms with Gasteiger partial charge in [-0.05, 0) is 19.1 Å². The van der Waals surface area contributed by atoms with Crippen LogP contribution in [0.15, 0.2) is 27.8 Å². The molecule has 0 aliphatic heterocycles. The van der Waals surface area contributed by atoms with Crippen LogP contribution in [0, 0.1) is 6.92 Å². The molecule has 0 atom stereocenters. The van der Waals surface area contributed by atoms with Crippen LogP contribution in [0.3, 0.4) is 0 Å². The van der Waals surface area contributed by atoms with Gasteiger partial charge in [0.2, 0.25) is 5.09 Å². The second-order valence-corrected chi connectivity index (χ2v) is 7.86. The molecule has 0 aliphatic carbocycles. The SMILES string of the molecule is Cc1cnc(CNC(=O)c2ccc(S(=O)(=O)N(C)C)o2)s1. The Morgan fingerprint density at radius 2 is 2.14 bits per heavy atom. The van der Waals surface area contributed by atoms with Crippen molar-refractivity contribution in [3.63, 3.8) is 0 Å². The van der Waals surface area contributed by atoms with E-state index >= 15 is 0 Å². The Labute approximate surface area is 126 Å². The van der Waals surface area contributed by atoms with Crippen molar-refractivity contribution < 1.29 is 17.6 Å². The number of furan rings is 1. The van der Waals surface area contributed by atoms with Gasteiger partial charge in [-0.3, -0.25) is 4.79 Å². The molecule has 0 saturated heterocycles. The average molecular weight is 329 g/mol. The zero-order valence-electron chi connectivity index (χ0n) is 11.8. The molecule has 0 saturated carbocycles. The number of nitrogens with zero attached hydrogens (tertiary/aromatic N) is 2. The monoisotopic (exact) mass is 329 g/mol. The Bertz CT molecular complexity index is 746. The van der Waals surface area contributed by atoms with Crippen LogP contribution in [0.4, 0.5) is 0 Å². The van der Waals surface area contributed by atoms with Crippen LogP contribution in [0.25, 0.3) is 0 Å². The molecule has 0 spiro atoms. The predicted molar refractivity (Wildman–Crippen MR) is 77.6 cm³/mol. The van der Waals surface area contributed by atoms with E-state index < -0.39 is 15.9 Å². The molecule has 0 aliphatic rings. The van der Waals surface area contributed by atoms with E-state index in [0.29, 0.717) is 0 Å². The summed E-state index contributed by atoms with van der Waals surface area (Å²) in [5.74, 6) is -0.535. The number of amides is 1. The fourth-order valence-electron chi connectivity index (χ4n) is 1.49. The van der Waals surface area contributed by atoms with Crippen molar-refractivity contribution >= 4 is 27.3 Å². The fourth-order valence-corrected chi connectivity index (χ4v) is 3.01. The number of aryl methyl sites for hydroxylation is 1. The summed E-state index contributed by atoms with van der Waals surface area (Å²) in [6, 6.07) is 2.59. The summed E-state index contributed by atoms with van der Waals surface area (Å²) in [6.07, 6.45) is 1.72. The van der Waals surface area contributed by atoms with Crippen molar-refractivity contribution in [1.29, 1.82) is 0 Å². The first kappa shape index (κ1) is 15.7. The van der Waals surface area contributed by atoms with Crippen molar-refractivity contribution in [2.24, 2.45) is 0 Å². The number of nitrogens with one attached hydrogen (secondary N) is 1. The molecule has 1 amide bonds. The highest BCUT2D eigenvalue weighted by Crippen LogP contribution is 2.17. The summed E-state index contributed by atoms with van der Waals surface area (Å²) < 4.78 is 29.8. The van der Waals surface area contributed by atoms with Crippen molar-refractivity contribution in [3.8, 4) is 0 Å². The van der Waals surface area contributed by atoms with Gasteiger partial charge in [0.25, 0.3) is 15.9 Å². The Kier molecular flexibility index (Phi) is 4.45. The van der Waals surface area contributed by atoms with E-state index in [1.54, 1.807) is 6.20 Å². The topological polar surface area (TPSA) is 92.5 Å². The Morgan fingerprint density at radius 3 is 2.71 bits per heavy atom. The van der Waals surface area contributed by atoms with Gasteiger partial charge in [0.05, 0.1) is 6.54 Å². The highest BCUT2D eigenvalue weighted by molar-refractivity contribution is 7.88. The maximum absolute atomic E-state index is 11.9. The summed E-state index contributed by atoms with van der Waals surface area (Å²) in [4.78, 5) is 17.1. The molecule has 0 fully saturated rings. The Morgan fingerprint density at radius 1 is 1.43 bits per heavy atom. The van der Waals surface area contributed by atoms with Gasteiger partial charge in [0, 0.05) is 25.2 Å². The molecule has 2 rings (SSSR count). The standard InChI is InChI=1S/C12H15N3O4S2/c1-8-6-13-10(20-8)7-14-12(16)9-4-5-11(19-9)21(17,18)15(2)3/h4-6H,7H2,1-3H3,(H,14,16). The molecule has 0 radical (unpaired) electrons. The fraction of sp³-hybridized carbons (Fsp3) is 0.333. The quantitative estimate of drug-likeness (QED) is 0.890. The lowest BCUT2D eigenvalue weighted by Gasteiger charge is -2.07. The van der Waals surface area contributed by atoms with E-state index in [0.717, 1.165) is 14.2 Å². The van der Waals surface area contributed by atoms with Crippen LogP contribution in [0.5, 0.6) is 0 Å². The molecule has 0 bridgehead atoms. The maximum Gasteiger partial charge on any atom is 0.287 e. The van der Waals surface area contributed by atoms with E-state index in [2.05, 4.69) is 10.3 Å². The van der Waals surface area contributed by atoms with E-state index in [1.165, 1.54) is 37.6 Å². The van der Waals surface area contributed by atoms with Crippen LogP contribution in [-0.4, -0.2) is 37.7 Å². The maximum atomic E-state index is 11.9. The van der Waals surface area contributed by atoms with Gasteiger partial charge in [-0.25, -0.2) is 17.7 Å². The zero-order valence-corrected chi connectivity index (χ0v) is 13.4. The molecule has 7 nitrogen and oxygen atoms in total. The summed E-state index contributed by atoms with van der Waals surface area (Å²) in [5.41, 5.74) is 0. The minimum absolute atomic E-state index is 0.0521. The summed E-state index contributed by atoms with van der Waals surface area (Å²) in [6.45, 7) is 2.20. The van der Waals surface area contributed by atoms with Crippen LogP contribution in [0.2, 0.25) is 0 Å². The van der Waals surface area contributed by atoms with Gasteiger partial charge in [-0.1, -0.05) is 0 Å². The van der Waals surface area contributed by atoms with Crippen molar-refractivity contribution in [3.05, 3.63) is 34.0 Å². The van der Waals surface area contributed by atoms with Crippen LogP contribution in [-0.2, 0) is 16.6 Å². The van der Waals surface area contributed by atoms with Crippen LogP contribution in [0.1, 0.15) is 20.4 Å². The third-order valence-corrected chi connectivity index (χ3v) is 5.21. The molecule has 9 heteroatoms. The highest BCUT2D eigenvalue weighted by atomic mass is 32.2. The number of sulfonamides is 1. The second-order valence-electron chi connectivity index (χ2n) is 4.45. The number of hydrogen-bond donors (Lipinski definition) is 1. The molecular weight excluding hydrogens is 314 g/mol. The van der Waals surface area contributed by atoms with Crippen molar-refractivity contribution in [2.75, 3.05) is 14.1 Å². The molecule has 0 aromatic carbocycles. The highest BCUT2D eigenvalue weighted by Gasteiger charge is 2.23. The number of thiazole rings is 1. The Hall–Kier alpha value is -1.71. The minimum atomic E-state index is -3.68. The lowest BCUT2D eigenvalue weighted by Crippen LogP contribution is -2.23. The third-order valence-electron chi connectivity index (χ3n) is 2.61. The van der Waals surface area contributed by atoms with Gasteiger partial charge < -0.3 is 9.73 Å². The van der Waals surface area contributed by atoms with Gasteiger partial charge in [-0.2, -0.15) is 0 Å². The lowest BCUT2D eigenvalue weighted by atomic mass is 10.4. The smallest absolute Gasteiger partial charge is 0.287 e. The molecule has 0 unspecified atom stereocenters. The number of hydrogen-bond acceptors (Lipinski definition) is 6. The molecule has 21 heavy (non-hydrogen) atoms. The predicted octanol–water partition coefficient (Wildman–Crippen LogP) is 1.22. The second kappa shape index (κ2) is 5.96. The van der Waals surface area contributed by atoms with E-state index in [1.807, 2.05) is 6.92 Å². The van der Waals surface area contributed by atoms with Gasteiger partial charge in [-0.15, -0.1) is 11.3 Å². The molecule has 2 aromatic rings. The number of carbonyl (C=O) groups excluding carboxylic acids is 1. The third kappa shape index (κ3) is 3.49. The summed E-state index contributed by atoms with van der Waals surface area (Å²) in [7, 11) is -0.894. The first-order chi connectivity index (χ1) is 9.80. The first-order valence-electron chi connectivity index (χ1n) is 6.02. The number of carbonyl (C=O) groups is 1. The zero-order chi connectivity index (χ0) is 15.6. The van der Waals surface area contributed by atoms with Gasteiger partial charge in [0.1, 0.15) is 5.01 Å². The summed E-state index contributed by atoms with van der Waals surface area (Å²) in [5, 5.41) is 3.14. The van der Waals surface area contributed by atoms with Gasteiger partial charge in [0.15, 0.2) is 5.76 Å². The molecular formula is C12H15N3O4S2. The largest absolute Gasteiger partial charge is 0.438 e. The Balaban J connectivity index is 2.06. The normalized spacial score (nSPS) is 11.8. The van der Waals surface area contributed by atoms with Crippen molar-refractivity contribution in [1.82, 2.24) is 14.6 Å². The molecule has 2 aromatic heterocycles. The summed E-state index contributed by atoms with van der Waals surface area (Å²) >= 11 is 1.48. The number of rotatable bonds is 5. The van der Waals surface area contributed by atoms with Crippen LogP contribution < -0.4 is 5.32 Å². The molecule has 114 valence electrons. The number of aromatic nitrogens is 1. The average Bonchev–Trinajstić information content (AvgIpc) is 3.04. The van der Waals surface area contributed by atoms with E-state index in [4.69, 9.17) is 4.42 Å².